The van der Waals surface area contributed by atoms with Crippen LogP contribution in [0.15, 0.2) is 43.0 Å². The lowest BCUT2D eigenvalue weighted by Crippen LogP contribution is -2.33. The second kappa shape index (κ2) is 8.71. The summed E-state index contributed by atoms with van der Waals surface area (Å²) in [5.41, 5.74) is 0.429. The first-order chi connectivity index (χ1) is 11.0. The molecule has 1 N–H and O–H groups in total. The number of benzene rings is 1. The van der Waals surface area contributed by atoms with Crippen molar-refractivity contribution < 1.29 is 4.79 Å². The predicted octanol–water partition coefficient (Wildman–Crippen LogP) is 5.34. The van der Waals surface area contributed by atoms with Gasteiger partial charge in [0.05, 0.1) is 26.6 Å². The van der Waals surface area contributed by atoms with Crippen LogP contribution in [0.25, 0.3) is 0 Å². The third-order valence-corrected chi connectivity index (χ3v) is 4.84. The number of thiophene rings is 1. The molecular formula is C16H15Cl3N2OS. The van der Waals surface area contributed by atoms with Gasteiger partial charge in [0.2, 0.25) is 5.91 Å². The topological polar surface area (TPSA) is 32.3 Å². The summed E-state index contributed by atoms with van der Waals surface area (Å²) in [5, 5.41) is 3.57. The Labute approximate surface area is 154 Å². The summed E-state index contributed by atoms with van der Waals surface area (Å²) in [6, 6.07) is 8.88. The number of carbonyl (C=O) groups excluding carboxylic acids is 1. The smallest absolute Gasteiger partial charge is 0.238 e. The van der Waals surface area contributed by atoms with Crippen LogP contribution < -0.4 is 5.32 Å². The van der Waals surface area contributed by atoms with E-state index in [2.05, 4.69) is 11.9 Å². The molecule has 0 saturated carbocycles. The van der Waals surface area contributed by atoms with Crippen LogP contribution >= 0.6 is 46.1 Å². The van der Waals surface area contributed by atoms with Gasteiger partial charge in [0.15, 0.2) is 0 Å². The van der Waals surface area contributed by atoms with E-state index in [1.807, 2.05) is 17.0 Å². The van der Waals surface area contributed by atoms with Gasteiger partial charge in [-0.05, 0) is 24.3 Å². The van der Waals surface area contributed by atoms with Gasteiger partial charge in [0, 0.05) is 18.0 Å². The van der Waals surface area contributed by atoms with Crippen molar-refractivity contribution in [3.8, 4) is 0 Å². The first-order valence-electron chi connectivity index (χ1n) is 6.81. The number of anilines is 1. The zero-order valence-electron chi connectivity index (χ0n) is 12.2. The molecule has 0 fully saturated rings. The van der Waals surface area contributed by atoms with Crippen molar-refractivity contribution in [3.05, 3.63) is 62.2 Å². The molecule has 2 aromatic rings. The standard InChI is InChI=1S/C16H15Cl3N2OS/c1-2-8-21(9-11-6-7-14(19)23-11)10-15(22)20-16-12(17)4-3-5-13(16)18/h2-7H,1,8-10H2,(H,20,22). The molecule has 1 amide bonds. The Bertz CT molecular complexity index is 682. The van der Waals surface area contributed by atoms with Gasteiger partial charge in [-0.3, -0.25) is 9.69 Å². The van der Waals surface area contributed by atoms with Crippen molar-refractivity contribution in [3.63, 3.8) is 0 Å². The summed E-state index contributed by atoms with van der Waals surface area (Å²) in [7, 11) is 0. The van der Waals surface area contributed by atoms with Crippen LogP contribution in [0, 0.1) is 0 Å². The zero-order chi connectivity index (χ0) is 16.8. The fourth-order valence-electron chi connectivity index (χ4n) is 2.02. The maximum atomic E-state index is 12.3. The summed E-state index contributed by atoms with van der Waals surface area (Å²) in [6.07, 6.45) is 1.75. The molecule has 0 bridgehead atoms. The highest BCUT2D eigenvalue weighted by Crippen LogP contribution is 2.29. The lowest BCUT2D eigenvalue weighted by molar-refractivity contribution is -0.117. The van der Waals surface area contributed by atoms with Gasteiger partial charge >= 0.3 is 0 Å². The minimum atomic E-state index is -0.190. The van der Waals surface area contributed by atoms with Crippen LogP contribution in [-0.4, -0.2) is 23.9 Å². The van der Waals surface area contributed by atoms with Crippen LogP contribution in [0.4, 0.5) is 5.69 Å². The van der Waals surface area contributed by atoms with Gasteiger partial charge in [0.25, 0.3) is 0 Å². The fraction of sp³-hybridized carbons (Fsp3) is 0.188. The fourth-order valence-corrected chi connectivity index (χ4v) is 3.65. The van der Waals surface area contributed by atoms with Crippen molar-refractivity contribution in [1.82, 2.24) is 4.90 Å². The molecule has 1 aromatic carbocycles. The molecule has 1 heterocycles. The molecule has 0 aliphatic carbocycles. The SMILES string of the molecule is C=CCN(CC(=O)Nc1c(Cl)cccc1Cl)Cc1ccc(Cl)s1. The Hall–Kier alpha value is -1.04. The van der Waals surface area contributed by atoms with Crippen LogP contribution in [0.5, 0.6) is 0 Å². The maximum Gasteiger partial charge on any atom is 0.238 e. The summed E-state index contributed by atoms with van der Waals surface area (Å²) in [4.78, 5) is 15.3. The van der Waals surface area contributed by atoms with Crippen molar-refractivity contribution in [1.29, 1.82) is 0 Å². The lowest BCUT2D eigenvalue weighted by atomic mass is 10.3. The third kappa shape index (κ3) is 5.52. The second-order valence-corrected chi connectivity index (χ2v) is 7.42. The number of hydrogen-bond donors (Lipinski definition) is 1. The molecule has 0 radical (unpaired) electrons. The average Bonchev–Trinajstić information content (AvgIpc) is 2.88. The molecule has 0 atom stereocenters. The molecule has 0 aliphatic heterocycles. The van der Waals surface area contributed by atoms with Crippen molar-refractivity contribution in [2.75, 3.05) is 18.4 Å². The molecule has 7 heteroatoms. The van der Waals surface area contributed by atoms with E-state index in [0.29, 0.717) is 28.8 Å². The largest absolute Gasteiger partial charge is 0.322 e. The Morgan fingerprint density at radius 2 is 1.91 bits per heavy atom. The number of nitrogens with one attached hydrogen (secondary N) is 1. The van der Waals surface area contributed by atoms with Gasteiger partial charge in [-0.25, -0.2) is 0 Å². The van der Waals surface area contributed by atoms with E-state index in [1.54, 1.807) is 24.3 Å². The van der Waals surface area contributed by atoms with Crippen molar-refractivity contribution in [2.24, 2.45) is 0 Å². The lowest BCUT2D eigenvalue weighted by Gasteiger charge is -2.19. The minimum absolute atomic E-state index is 0.190. The van der Waals surface area contributed by atoms with Gasteiger partial charge in [-0.2, -0.15) is 0 Å². The molecule has 2 rings (SSSR count). The molecule has 122 valence electrons. The van der Waals surface area contributed by atoms with E-state index in [0.717, 1.165) is 9.21 Å². The van der Waals surface area contributed by atoms with Gasteiger partial charge in [-0.15, -0.1) is 17.9 Å². The molecular weight excluding hydrogens is 375 g/mol. The molecule has 0 saturated heterocycles. The van der Waals surface area contributed by atoms with E-state index in [9.17, 15) is 4.79 Å². The number of para-hydroxylation sites is 1. The summed E-state index contributed by atoms with van der Waals surface area (Å²) in [6.45, 7) is 5.13. The van der Waals surface area contributed by atoms with Crippen molar-refractivity contribution >= 4 is 57.7 Å². The van der Waals surface area contributed by atoms with E-state index in [1.165, 1.54) is 11.3 Å². The highest BCUT2D eigenvalue weighted by atomic mass is 35.5. The second-order valence-electron chi connectivity index (χ2n) is 4.81. The number of halogens is 3. The third-order valence-electron chi connectivity index (χ3n) is 2.99. The van der Waals surface area contributed by atoms with E-state index >= 15 is 0 Å². The number of carbonyl (C=O) groups is 1. The molecule has 3 nitrogen and oxygen atoms in total. The maximum absolute atomic E-state index is 12.3. The quantitative estimate of drug-likeness (QED) is 0.649. The van der Waals surface area contributed by atoms with Gasteiger partial charge in [-0.1, -0.05) is 46.9 Å². The Kier molecular flexibility index (Phi) is 6.93. The highest BCUT2D eigenvalue weighted by Gasteiger charge is 2.14. The zero-order valence-corrected chi connectivity index (χ0v) is 15.3. The van der Waals surface area contributed by atoms with Crippen LogP contribution in [0.3, 0.4) is 0 Å². The van der Waals surface area contributed by atoms with E-state index in [-0.39, 0.29) is 12.5 Å². The molecule has 0 aliphatic rings. The average molecular weight is 390 g/mol. The molecule has 1 aromatic heterocycles. The monoisotopic (exact) mass is 388 g/mol. The van der Waals surface area contributed by atoms with Crippen LogP contribution in [0.1, 0.15) is 4.88 Å². The number of rotatable bonds is 7. The normalized spacial score (nSPS) is 10.8. The molecule has 0 spiro atoms. The molecule has 0 unspecified atom stereocenters. The summed E-state index contributed by atoms with van der Waals surface area (Å²) < 4.78 is 0.728. The number of amides is 1. The van der Waals surface area contributed by atoms with Crippen LogP contribution in [0.2, 0.25) is 14.4 Å². The number of hydrogen-bond acceptors (Lipinski definition) is 3. The minimum Gasteiger partial charge on any atom is -0.322 e. The first kappa shape index (κ1) is 18.3. The van der Waals surface area contributed by atoms with Crippen LogP contribution in [-0.2, 0) is 11.3 Å². The number of nitrogens with zero attached hydrogens (tertiary/aromatic N) is 1. The summed E-state index contributed by atoms with van der Waals surface area (Å²) >= 11 is 19.6. The van der Waals surface area contributed by atoms with E-state index in [4.69, 9.17) is 34.8 Å². The Balaban J connectivity index is 2.01. The van der Waals surface area contributed by atoms with E-state index < -0.39 is 0 Å². The first-order valence-corrected chi connectivity index (χ1v) is 8.76. The summed E-state index contributed by atoms with van der Waals surface area (Å²) in [5.74, 6) is -0.190. The Morgan fingerprint density at radius 1 is 1.22 bits per heavy atom. The van der Waals surface area contributed by atoms with Gasteiger partial charge in [0.1, 0.15) is 0 Å². The molecule has 23 heavy (non-hydrogen) atoms. The highest BCUT2D eigenvalue weighted by molar-refractivity contribution is 7.16. The van der Waals surface area contributed by atoms with Crippen molar-refractivity contribution in [2.45, 2.75) is 6.54 Å². The predicted molar refractivity (Wildman–Crippen MR) is 99.9 cm³/mol. The Morgan fingerprint density at radius 3 is 2.48 bits per heavy atom. The van der Waals surface area contributed by atoms with Gasteiger partial charge < -0.3 is 5.32 Å².